The van der Waals surface area contributed by atoms with Gasteiger partial charge in [-0.3, -0.25) is 0 Å². The minimum Gasteiger partial charge on any atom is -0.330 e. The molecule has 3 heteroatoms. The highest BCUT2D eigenvalue weighted by Gasteiger charge is 2.48. The van der Waals surface area contributed by atoms with Gasteiger partial charge < -0.3 is 5.73 Å². The lowest BCUT2D eigenvalue weighted by molar-refractivity contribution is -0.0286. The molecule has 1 aromatic carbocycles. The van der Waals surface area contributed by atoms with Gasteiger partial charge in [0.2, 0.25) is 0 Å². The van der Waals surface area contributed by atoms with Gasteiger partial charge >= 0.3 is 0 Å². The summed E-state index contributed by atoms with van der Waals surface area (Å²) in [4.78, 5) is 0. The van der Waals surface area contributed by atoms with E-state index in [0.717, 1.165) is 12.0 Å². The molecule has 0 radical (unpaired) electrons. The molecule has 1 aliphatic carbocycles. The van der Waals surface area contributed by atoms with Gasteiger partial charge in [0.15, 0.2) is 0 Å². The first-order valence-corrected chi connectivity index (χ1v) is 6.57. The molecule has 1 aliphatic rings. The van der Waals surface area contributed by atoms with Crippen LogP contribution in [-0.4, -0.2) is 6.54 Å². The van der Waals surface area contributed by atoms with E-state index in [2.05, 4.69) is 0 Å². The van der Waals surface area contributed by atoms with E-state index in [1.807, 2.05) is 19.9 Å². The lowest BCUT2D eigenvalue weighted by atomic mass is 9.80. The van der Waals surface area contributed by atoms with Gasteiger partial charge in [0.05, 0.1) is 0 Å². The summed E-state index contributed by atoms with van der Waals surface area (Å²) in [5.41, 5.74) is 6.55. The Morgan fingerprint density at radius 2 is 1.83 bits per heavy atom. The average Bonchev–Trinajstić information content (AvgIpc) is 3.13. The quantitative estimate of drug-likeness (QED) is 0.848. The van der Waals surface area contributed by atoms with E-state index in [1.165, 1.54) is 0 Å². The maximum absolute atomic E-state index is 14.1. The summed E-state index contributed by atoms with van der Waals surface area (Å²) in [6, 6.07) is 6.86. The maximum Gasteiger partial charge on any atom is 0.276 e. The molecule has 2 N–H and O–H groups in total. The number of halogens is 2. The van der Waals surface area contributed by atoms with E-state index in [-0.39, 0.29) is 11.0 Å². The monoisotopic (exact) mass is 253 g/mol. The third-order valence-corrected chi connectivity index (χ3v) is 3.89. The van der Waals surface area contributed by atoms with Crippen molar-refractivity contribution in [2.45, 2.75) is 44.4 Å². The molecule has 0 amide bonds. The van der Waals surface area contributed by atoms with Crippen molar-refractivity contribution in [2.75, 3.05) is 6.54 Å². The molecule has 100 valence electrons. The fraction of sp³-hybridized carbons (Fsp3) is 0.600. The minimum absolute atomic E-state index is 0.148. The first-order valence-electron chi connectivity index (χ1n) is 6.57. The summed E-state index contributed by atoms with van der Waals surface area (Å²) < 4.78 is 28.1. The van der Waals surface area contributed by atoms with Crippen LogP contribution in [0, 0.1) is 5.92 Å². The molecule has 0 atom stereocenters. The second kappa shape index (κ2) is 4.61. The predicted octanol–water partition coefficient (Wildman–Crippen LogP) is 3.81. The molecule has 1 nitrogen and oxygen atoms in total. The van der Waals surface area contributed by atoms with Crippen molar-refractivity contribution in [2.24, 2.45) is 11.7 Å². The van der Waals surface area contributed by atoms with Crippen LogP contribution < -0.4 is 5.73 Å². The van der Waals surface area contributed by atoms with Crippen LogP contribution in [0.15, 0.2) is 24.3 Å². The van der Waals surface area contributed by atoms with Crippen molar-refractivity contribution in [1.82, 2.24) is 0 Å². The van der Waals surface area contributed by atoms with Crippen LogP contribution in [0.3, 0.4) is 0 Å². The van der Waals surface area contributed by atoms with Crippen molar-refractivity contribution in [3.8, 4) is 0 Å². The van der Waals surface area contributed by atoms with Gasteiger partial charge in [0, 0.05) is 11.5 Å². The zero-order valence-electron chi connectivity index (χ0n) is 11.0. The van der Waals surface area contributed by atoms with Gasteiger partial charge in [-0.2, -0.15) is 0 Å². The van der Waals surface area contributed by atoms with Crippen molar-refractivity contribution >= 4 is 0 Å². The maximum atomic E-state index is 14.1. The first-order chi connectivity index (χ1) is 8.38. The topological polar surface area (TPSA) is 26.0 Å². The summed E-state index contributed by atoms with van der Waals surface area (Å²) in [6.07, 6.45) is 2.08. The first kappa shape index (κ1) is 13.5. The second-order valence-electron chi connectivity index (χ2n) is 5.90. The zero-order valence-corrected chi connectivity index (χ0v) is 11.0. The van der Waals surface area contributed by atoms with E-state index in [1.54, 1.807) is 18.2 Å². The third kappa shape index (κ3) is 2.56. The molecular formula is C15H21F2N. The molecule has 0 aliphatic heterocycles. The van der Waals surface area contributed by atoms with Crippen molar-refractivity contribution < 1.29 is 8.78 Å². The molecule has 0 heterocycles. The van der Waals surface area contributed by atoms with Crippen LogP contribution in [0.4, 0.5) is 8.78 Å². The van der Waals surface area contributed by atoms with Crippen LogP contribution in [0.2, 0.25) is 0 Å². The largest absolute Gasteiger partial charge is 0.330 e. The fourth-order valence-corrected chi connectivity index (χ4v) is 2.33. The van der Waals surface area contributed by atoms with E-state index in [9.17, 15) is 8.78 Å². The Labute approximate surface area is 107 Å². The van der Waals surface area contributed by atoms with Gasteiger partial charge in [0.1, 0.15) is 0 Å². The molecule has 0 saturated heterocycles. The molecule has 0 bridgehead atoms. The lowest BCUT2D eigenvalue weighted by Crippen LogP contribution is -2.23. The summed E-state index contributed by atoms with van der Waals surface area (Å²) in [6.45, 7) is 4.67. The van der Waals surface area contributed by atoms with Crippen molar-refractivity contribution in [3.05, 3.63) is 35.4 Å². The smallest absolute Gasteiger partial charge is 0.276 e. The van der Waals surface area contributed by atoms with Crippen LogP contribution >= 0.6 is 0 Å². The lowest BCUT2D eigenvalue weighted by Gasteiger charge is -2.26. The molecule has 18 heavy (non-hydrogen) atoms. The molecule has 1 saturated carbocycles. The Hall–Kier alpha value is -0.960. The number of nitrogens with two attached hydrogens (primary N) is 1. The number of hydrogen-bond acceptors (Lipinski definition) is 1. The van der Waals surface area contributed by atoms with E-state index >= 15 is 0 Å². The molecule has 0 aromatic heterocycles. The standard InChI is InChI=1S/C15H21F2N/c1-14(2,8-9-18)12-4-3-5-13(10-12)15(16,17)11-6-7-11/h3-5,10-11H,6-9,18H2,1-2H3. The van der Waals surface area contributed by atoms with Crippen molar-refractivity contribution in [3.63, 3.8) is 0 Å². The minimum atomic E-state index is -2.67. The average molecular weight is 253 g/mol. The Morgan fingerprint density at radius 1 is 1.22 bits per heavy atom. The second-order valence-corrected chi connectivity index (χ2v) is 5.90. The molecule has 0 unspecified atom stereocenters. The van der Waals surface area contributed by atoms with Crippen LogP contribution in [0.1, 0.15) is 44.2 Å². The Bertz CT molecular complexity index is 422. The number of benzene rings is 1. The van der Waals surface area contributed by atoms with Gasteiger partial charge in [0.25, 0.3) is 5.92 Å². The highest BCUT2D eigenvalue weighted by Crippen LogP contribution is 2.50. The van der Waals surface area contributed by atoms with Gasteiger partial charge in [-0.1, -0.05) is 32.0 Å². The van der Waals surface area contributed by atoms with Gasteiger partial charge in [-0.25, -0.2) is 8.78 Å². The van der Waals surface area contributed by atoms with E-state index in [0.29, 0.717) is 19.4 Å². The van der Waals surface area contributed by atoms with Gasteiger partial charge in [-0.15, -0.1) is 0 Å². The third-order valence-electron chi connectivity index (χ3n) is 3.89. The molecule has 0 spiro atoms. The normalized spacial score (nSPS) is 16.9. The number of hydrogen-bond donors (Lipinski definition) is 1. The fourth-order valence-electron chi connectivity index (χ4n) is 2.33. The zero-order chi connectivity index (χ0) is 13.4. The summed E-state index contributed by atoms with van der Waals surface area (Å²) in [5.74, 6) is -3.13. The summed E-state index contributed by atoms with van der Waals surface area (Å²) in [7, 11) is 0. The van der Waals surface area contributed by atoms with E-state index in [4.69, 9.17) is 5.73 Å². The van der Waals surface area contributed by atoms with Crippen LogP contribution in [0.25, 0.3) is 0 Å². The Morgan fingerprint density at radius 3 is 2.39 bits per heavy atom. The molecular weight excluding hydrogens is 232 g/mol. The summed E-state index contributed by atoms with van der Waals surface area (Å²) >= 11 is 0. The van der Waals surface area contributed by atoms with E-state index < -0.39 is 11.8 Å². The summed E-state index contributed by atoms with van der Waals surface area (Å²) in [5, 5.41) is 0. The highest BCUT2D eigenvalue weighted by molar-refractivity contribution is 5.32. The SMILES string of the molecule is CC(C)(CCN)c1cccc(C(F)(F)C2CC2)c1. The Kier molecular flexibility index (Phi) is 3.45. The van der Waals surface area contributed by atoms with Crippen molar-refractivity contribution in [1.29, 1.82) is 0 Å². The predicted molar refractivity (Wildman–Crippen MR) is 69.8 cm³/mol. The molecule has 1 fully saturated rings. The number of alkyl halides is 2. The van der Waals surface area contributed by atoms with Gasteiger partial charge in [-0.05, 0) is 42.9 Å². The van der Waals surface area contributed by atoms with Crippen LogP contribution in [0.5, 0.6) is 0 Å². The molecule has 2 rings (SSSR count). The molecule has 1 aromatic rings. The highest BCUT2D eigenvalue weighted by atomic mass is 19.3. The van der Waals surface area contributed by atoms with Crippen LogP contribution in [-0.2, 0) is 11.3 Å². The number of rotatable bonds is 5. The Balaban J connectivity index is 2.30.